The highest BCUT2D eigenvalue weighted by Crippen LogP contribution is 2.44. The molecule has 0 aliphatic heterocycles. The quantitative estimate of drug-likeness (QED) is 0.474. The molecule has 0 radical (unpaired) electrons. The lowest BCUT2D eigenvalue weighted by Crippen LogP contribution is -2.48. The normalized spacial score (nSPS) is 14.0. The molecule has 0 spiro atoms. The molecule has 0 aliphatic carbocycles. The first-order chi connectivity index (χ1) is 15.4. The van der Waals surface area contributed by atoms with Gasteiger partial charge in [-0.2, -0.15) is 22.7 Å². The van der Waals surface area contributed by atoms with Crippen LogP contribution in [0.1, 0.15) is 49.3 Å². The Morgan fingerprint density at radius 3 is 2.36 bits per heavy atom. The monoisotopic (exact) mass is 486 g/mol. The summed E-state index contributed by atoms with van der Waals surface area (Å²) in [6.07, 6.45) is -2.96. The average Bonchev–Trinajstić information content (AvgIpc) is 3.18. The van der Waals surface area contributed by atoms with Crippen molar-refractivity contribution in [3.8, 4) is 6.07 Å². The standard InChI is InChI=1S/C21H25F3N4O4S/c1-4-12-28(13-5-2)33(30,31)17-8-6-7-16(15-17)18(29)32-20(9-10-25,21(22,23)24)19-26-11-14-27(19)3/h6-8,11,14-15H,4-5,9,12-13H2,1-3H3/t20-/m1/s1. The number of esters is 1. The largest absolute Gasteiger partial charge is 0.436 e. The van der Waals surface area contributed by atoms with E-state index in [0.29, 0.717) is 12.8 Å². The maximum Gasteiger partial charge on any atom is 0.436 e. The number of rotatable bonds is 10. The molecule has 1 atom stereocenters. The van der Waals surface area contributed by atoms with Crippen molar-refractivity contribution in [3.05, 3.63) is 48.0 Å². The molecule has 8 nitrogen and oxygen atoms in total. The number of halogens is 3. The smallest absolute Gasteiger partial charge is 0.436 e. The molecule has 0 saturated carbocycles. The molecule has 2 aromatic rings. The van der Waals surface area contributed by atoms with Gasteiger partial charge in [-0.1, -0.05) is 19.9 Å². The zero-order valence-corrected chi connectivity index (χ0v) is 19.3. The molecule has 0 N–H and O–H groups in total. The molecule has 0 fully saturated rings. The van der Waals surface area contributed by atoms with Gasteiger partial charge in [-0.3, -0.25) is 0 Å². The molecule has 1 aromatic carbocycles. The Bertz CT molecular complexity index is 1120. The number of aryl methyl sites for hydroxylation is 1. The minimum Gasteiger partial charge on any atom is -0.436 e. The Morgan fingerprint density at radius 1 is 1.24 bits per heavy atom. The van der Waals surface area contributed by atoms with Crippen molar-refractivity contribution < 1.29 is 31.1 Å². The van der Waals surface area contributed by atoms with Crippen molar-refractivity contribution in [1.29, 1.82) is 5.26 Å². The number of aromatic nitrogens is 2. The first-order valence-electron chi connectivity index (χ1n) is 10.2. The third-order valence-corrected chi connectivity index (χ3v) is 6.78. The Kier molecular flexibility index (Phi) is 8.26. The van der Waals surface area contributed by atoms with Crippen LogP contribution < -0.4 is 0 Å². The minimum absolute atomic E-state index is 0.242. The van der Waals surface area contributed by atoms with Gasteiger partial charge in [0.25, 0.3) is 5.60 Å². The van der Waals surface area contributed by atoms with Gasteiger partial charge in [0, 0.05) is 32.5 Å². The molecule has 0 aliphatic rings. The van der Waals surface area contributed by atoms with E-state index < -0.39 is 45.6 Å². The van der Waals surface area contributed by atoms with E-state index in [1.807, 2.05) is 13.8 Å². The van der Waals surface area contributed by atoms with E-state index in [0.717, 1.165) is 22.9 Å². The molecular formula is C21H25F3N4O4S. The zero-order chi connectivity index (χ0) is 24.9. The number of hydrogen-bond donors (Lipinski definition) is 0. The van der Waals surface area contributed by atoms with Gasteiger partial charge in [-0.05, 0) is 31.0 Å². The van der Waals surface area contributed by atoms with Crippen LogP contribution in [0.5, 0.6) is 0 Å². The zero-order valence-electron chi connectivity index (χ0n) is 18.5. The molecule has 0 amide bonds. The van der Waals surface area contributed by atoms with Crippen LogP contribution in [-0.2, 0) is 27.4 Å². The van der Waals surface area contributed by atoms with E-state index in [1.54, 1.807) is 0 Å². The maximum absolute atomic E-state index is 14.1. The number of nitrogens with zero attached hydrogens (tertiary/aromatic N) is 4. The van der Waals surface area contributed by atoms with Crippen molar-refractivity contribution in [2.24, 2.45) is 7.05 Å². The summed E-state index contributed by atoms with van der Waals surface area (Å²) in [4.78, 5) is 16.2. The van der Waals surface area contributed by atoms with Crippen LogP contribution in [0.4, 0.5) is 13.2 Å². The number of carbonyl (C=O) groups excluding carboxylic acids is 1. The summed E-state index contributed by atoms with van der Waals surface area (Å²) in [6, 6.07) is 6.05. The fourth-order valence-corrected chi connectivity index (χ4v) is 4.98. The Balaban J connectivity index is 2.51. The van der Waals surface area contributed by atoms with Crippen molar-refractivity contribution in [3.63, 3.8) is 0 Å². The van der Waals surface area contributed by atoms with Gasteiger partial charge in [-0.15, -0.1) is 0 Å². The van der Waals surface area contributed by atoms with Crippen molar-refractivity contribution in [1.82, 2.24) is 13.9 Å². The summed E-state index contributed by atoms with van der Waals surface area (Å²) in [5, 5.41) is 9.09. The van der Waals surface area contributed by atoms with Crippen molar-refractivity contribution in [2.75, 3.05) is 13.1 Å². The predicted octanol–water partition coefficient (Wildman–Crippen LogP) is 3.76. The second kappa shape index (κ2) is 10.4. The van der Waals surface area contributed by atoms with E-state index in [4.69, 9.17) is 10.00 Å². The SMILES string of the molecule is CCCN(CCC)S(=O)(=O)c1cccc(C(=O)O[C@](CC#N)(c2nccn2C)C(F)(F)F)c1. The number of alkyl halides is 3. The van der Waals surface area contributed by atoms with Gasteiger partial charge in [0.15, 0.2) is 5.82 Å². The summed E-state index contributed by atoms with van der Waals surface area (Å²) in [5.74, 6) is -2.11. The van der Waals surface area contributed by atoms with Crippen LogP contribution in [-0.4, -0.2) is 47.5 Å². The first-order valence-corrected chi connectivity index (χ1v) is 11.6. The van der Waals surface area contributed by atoms with Gasteiger partial charge in [0.05, 0.1) is 22.9 Å². The van der Waals surface area contributed by atoms with Crippen LogP contribution in [0.2, 0.25) is 0 Å². The summed E-state index contributed by atoms with van der Waals surface area (Å²) >= 11 is 0. The predicted molar refractivity (Wildman–Crippen MR) is 112 cm³/mol. The minimum atomic E-state index is -5.17. The van der Waals surface area contributed by atoms with Gasteiger partial charge in [0.1, 0.15) is 0 Å². The number of ether oxygens (including phenoxy) is 1. The fourth-order valence-electron chi connectivity index (χ4n) is 3.31. The van der Waals surface area contributed by atoms with E-state index >= 15 is 0 Å². The molecule has 0 saturated heterocycles. The van der Waals surface area contributed by atoms with E-state index in [2.05, 4.69) is 4.98 Å². The lowest BCUT2D eigenvalue weighted by Gasteiger charge is -2.32. The van der Waals surface area contributed by atoms with Crippen LogP contribution in [0, 0.1) is 11.3 Å². The summed E-state index contributed by atoms with van der Waals surface area (Å²) in [5.41, 5.74) is -3.73. The molecule has 0 unspecified atom stereocenters. The highest BCUT2D eigenvalue weighted by molar-refractivity contribution is 7.89. The van der Waals surface area contributed by atoms with Gasteiger partial charge >= 0.3 is 12.1 Å². The molecule has 1 aromatic heterocycles. The van der Waals surface area contributed by atoms with Crippen molar-refractivity contribution in [2.45, 2.75) is 49.8 Å². The highest BCUT2D eigenvalue weighted by atomic mass is 32.2. The van der Waals surface area contributed by atoms with E-state index in [1.165, 1.54) is 35.8 Å². The Morgan fingerprint density at radius 2 is 1.88 bits per heavy atom. The van der Waals surface area contributed by atoms with E-state index in [-0.39, 0.29) is 18.0 Å². The average molecular weight is 487 g/mol. The lowest BCUT2D eigenvalue weighted by atomic mass is 9.97. The second-order valence-electron chi connectivity index (χ2n) is 7.34. The molecule has 33 heavy (non-hydrogen) atoms. The van der Waals surface area contributed by atoms with Gasteiger partial charge < -0.3 is 9.30 Å². The lowest BCUT2D eigenvalue weighted by molar-refractivity contribution is -0.267. The third-order valence-electron chi connectivity index (χ3n) is 4.89. The number of sulfonamides is 1. The van der Waals surface area contributed by atoms with Crippen LogP contribution in [0.25, 0.3) is 0 Å². The topological polar surface area (TPSA) is 105 Å². The molecule has 180 valence electrons. The first kappa shape index (κ1) is 26.3. The number of carbonyl (C=O) groups is 1. The van der Waals surface area contributed by atoms with Crippen LogP contribution in [0.15, 0.2) is 41.6 Å². The summed E-state index contributed by atoms with van der Waals surface area (Å²) in [6.45, 7) is 4.14. The molecule has 0 bridgehead atoms. The number of benzene rings is 1. The van der Waals surface area contributed by atoms with Gasteiger partial charge in [0.2, 0.25) is 10.0 Å². The van der Waals surface area contributed by atoms with Crippen molar-refractivity contribution >= 4 is 16.0 Å². The Labute approximate surface area is 190 Å². The highest BCUT2D eigenvalue weighted by Gasteiger charge is 2.62. The van der Waals surface area contributed by atoms with Gasteiger partial charge in [-0.25, -0.2) is 18.2 Å². The number of nitriles is 1. The molecular weight excluding hydrogens is 461 g/mol. The summed E-state index contributed by atoms with van der Waals surface area (Å²) in [7, 11) is -2.70. The van der Waals surface area contributed by atoms with Crippen LogP contribution >= 0.6 is 0 Å². The summed E-state index contributed by atoms with van der Waals surface area (Å²) < 4.78 is 75.6. The second-order valence-corrected chi connectivity index (χ2v) is 9.28. The number of imidazole rings is 1. The number of hydrogen-bond acceptors (Lipinski definition) is 6. The molecule has 2 rings (SSSR count). The van der Waals surface area contributed by atoms with E-state index in [9.17, 15) is 26.4 Å². The molecule has 1 heterocycles. The Hall–Kier alpha value is -2.91. The maximum atomic E-state index is 14.1. The molecule has 12 heteroatoms. The van der Waals surface area contributed by atoms with Crippen LogP contribution in [0.3, 0.4) is 0 Å². The third kappa shape index (κ3) is 5.36. The fraction of sp³-hybridized carbons (Fsp3) is 0.476.